The predicted octanol–water partition coefficient (Wildman–Crippen LogP) is 8.00. The number of hydrogen-bond acceptors (Lipinski definition) is 6. The summed E-state index contributed by atoms with van der Waals surface area (Å²) in [5.74, 6) is -8.68. The average Bonchev–Trinajstić information content (AvgIpc) is 3.01. The van der Waals surface area contributed by atoms with Crippen molar-refractivity contribution in [2.45, 2.75) is 60.0 Å². The van der Waals surface area contributed by atoms with Crippen molar-refractivity contribution in [3.8, 4) is 11.5 Å². The van der Waals surface area contributed by atoms with Gasteiger partial charge < -0.3 is 20.1 Å². The van der Waals surface area contributed by atoms with E-state index in [0.29, 0.717) is 59.2 Å². The topological polar surface area (TPSA) is 83.1 Å². The average molecular weight is 828 g/mol. The molecule has 0 aromatic heterocycles. The molecule has 3 rings (SSSR count). The van der Waals surface area contributed by atoms with Crippen molar-refractivity contribution in [3.05, 3.63) is 48.5 Å². The van der Waals surface area contributed by atoms with E-state index >= 15 is 61.5 Å². The van der Waals surface area contributed by atoms with Gasteiger partial charge in [-0.1, -0.05) is 0 Å². The van der Waals surface area contributed by atoms with Crippen LogP contribution in [0.15, 0.2) is 48.5 Å². The molecule has 2 atom stereocenters. The molecule has 1 heterocycles. The van der Waals surface area contributed by atoms with Gasteiger partial charge in [-0.25, -0.2) is 8.78 Å². The normalized spacial score (nSPS) is 21.3. The molecule has 2 aromatic rings. The van der Waals surface area contributed by atoms with E-state index in [4.69, 9.17) is 0 Å². The third kappa shape index (κ3) is 6.12. The minimum Gasteiger partial charge on any atom is -0.497 e. The number of benzene rings is 2. The minimum atomic E-state index is -8.60. The molecule has 2 amide bonds. The van der Waals surface area contributed by atoms with Gasteiger partial charge in [-0.15, -0.1) is 9.80 Å². The highest BCUT2D eigenvalue weighted by Gasteiger charge is 2.98. The van der Waals surface area contributed by atoms with Crippen molar-refractivity contribution in [2.24, 2.45) is 0 Å². The van der Waals surface area contributed by atoms with Crippen LogP contribution in [0.2, 0.25) is 0 Å². The van der Waals surface area contributed by atoms with E-state index in [2.05, 4.69) is 9.47 Å². The first-order valence-electron chi connectivity index (χ1n) is 13.4. The molecule has 0 saturated carbocycles. The molecule has 0 radical (unpaired) electrons. The lowest BCUT2D eigenvalue weighted by Crippen LogP contribution is -2.90. The van der Waals surface area contributed by atoms with Crippen LogP contribution >= 0.6 is 0 Å². The van der Waals surface area contributed by atoms with Crippen LogP contribution in [-0.2, 0) is 9.59 Å². The van der Waals surface area contributed by atoms with Gasteiger partial charge in [0, 0.05) is 11.4 Å². The van der Waals surface area contributed by atoms with Gasteiger partial charge in [0.2, 0.25) is 0 Å². The number of ether oxygens (including phenoxy) is 2. The van der Waals surface area contributed by atoms with Crippen LogP contribution in [0, 0.1) is 0 Å². The van der Waals surface area contributed by atoms with Crippen molar-refractivity contribution in [1.29, 1.82) is 0 Å². The number of anilines is 2. The van der Waals surface area contributed by atoms with Gasteiger partial charge in [0.05, 0.1) is 14.2 Å². The first-order chi connectivity index (χ1) is 24.1. The third-order valence-corrected chi connectivity index (χ3v) is 7.34. The largest absolute Gasteiger partial charge is 0.497 e. The number of alkyl halides is 20. The Morgan fingerprint density at radius 2 is 0.704 bits per heavy atom. The van der Waals surface area contributed by atoms with E-state index in [1.54, 1.807) is 0 Å². The van der Waals surface area contributed by atoms with Crippen molar-refractivity contribution in [3.63, 3.8) is 0 Å². The second-order valence-corrected chi connectivity index (χ2v) is 10.6. The fourth-order valence-electron chi connectivity index (χ4n) is 4.56. The number of rotatable bonds is 10. The summed E-state index contributed by atoms with van der Waals surface area (Å²) in [5, 5.41) is 1.15. The number of nitrogens with zero attached hydrogens (tertiary/aromatic N) is 2. The number of halogens is 20. The van der Waals surface area contributed by atoms with Crippen LogP contribution in [0.4, 0.5) is 99.2 Å². The Kier molecular flexibility index (Phi) is 10.6. The molecule has 1 saturated heterocycles. The van der Waals surface area contributed by atoms with Gasteiger partial charge in [-0.2, -0.15) is 79.0 Å². The molecular weight excluding hydrogens is 812 g/mol. The molecule has 1 aliphatic rings. The summed E-state index contributed by atoms with van der Waals surface area (Å²) in [6.07, 6.45) is -15.8. The molecule has 0 bridgehead atoms. The molecule has 54 heavy (non-hydrogen) atoms. The van der Waals surface area contributed by atoms with E-state index in [1.807, 2.05) is 0 Å². The van der Waals surface area contributed by atoms with E-state index < -0.39 is 93.0 Å². The Balaban J connectivity index is 2.28. The van der Waals surface area contributed by atoms with Crippen molar-refractivity contribution in [1.82, 2.24) is 9.80 Å². The number of carbonyl (C=O) groups is 2. The van der Waals surface area contributed by atoms with Crippen LogP contribution in [0.3, 0.4) is 0 Å². The van der Waals surface area contributed by atoms with Crippen molar-refractivity contribution < 1.29 is 107 Å². The molecule has 0 spiro atoms. The predicted molar refractivity (Wildman–Crippen MR) is 136 cm³/mol. The van der Waals surface area contributed by atoms with E-state index in [0.717, 1.165) is 14.2 Å². The molecule has 2 aromatic carbocycles. The zero-order chi connectivity index (χ0) is 42.1. The van der Waals surface area contributed by atoms with Crippen molar-refractivity contribution in [2.75, 3.05) is 24.9 Å². The number of carbonyl (C=O) groups excluding carboxylic acids is 2. The Morgan fingerprint density at radius 3 is 0.889 bits per heavy atom. The quantitative estimate of drug-likeness (QED) is 0.187. The van der Waals surface area contributed by atoms with Crippen LogP contribution < -0.4 is 20.1 Å². The standard InChI is InChI=1S/C26H16F20N4O4/c1-53-13-7-3-11(4-8-13)47-15(51)17(27,19(29,30)31)21(35,36)49-23(39,40)25(43,44)50(26(45,46)24(49,41)42)22(37,38)18(28,20(32,33)34)16(52)48-12-5-9-14(54-2)10-6-12/h3-10H,1-2H3,(H,47,51)(H,48,52)/t17-,18-/m0/s1. The zero-order valence-electron chi connectivity index (χ0n) is 25.7. The highest BCUT2D eigenvalue weighted by atomic mass is 19.4. The minimum absolute atomic E-state index is 0.250. The lowest BCUT2D eigenvalue weighted by Gasteiger charge is -2.57. The first-order valence-corrected chi connectivity index (χ1v) is 13.4. The number of methoxy groups -OCH3 is 2. The maximum atomic E-state index is 15.4. The van der Waals surface area contributed by atoms with Crippen LogP contribution in [0.1, 0.15) is 0 Å². The molecule has 8 nitrogen and oxygen atoms in total. The lowest BCUT2D eigenvalue weighted by molar-refractivity contribution is -0.576. The fraction of sp³-hybridized carbons (Fsp3) is 0.462. The summed E-state index contributed by atoms with van der Waals surface area (Å²) in [6.45, 7) is 0. The molecule has 0 aliphatic carbocycles. The fourth-order valence-corrected chi connectivity index (χ4v) is 4.56. The highest BCUT2D eigenvalue weighted by molar-refractivity contribution is 5.99. The Bertz CT molecular complexity index is 1560. The second kappa shape index (κ2) is 13.1. The molecule has 28 heteroatoms. The number of hydrogen-bond donors (Lipinski definition) is 2. The Hall–Kier alpha value is -4.50. The first kappa shape index (κ1) is 43.9. The van der Waals surface area contributed by atoms with Gasteiger partial charge in [0.25, 0.3) is 11.8 Å². The molecule has 0 unspecified atom stereocenters. The second-order valence-electron chi connectivity index (χ2n) is 10.6. The van der Waals surface area contributed by atoms with Gasteiger partial charge in [-0.05, 0) is 48.5 Å². The summed E-state index contributed by atoms with van der Waals surface area (Å²) in [4.78, 5) is 15.1. The van der Waals surface area contributed by atoms with Crippen LogP contribution in [-0.4, -0.2) is 95.8 Å². The third-order valence-electron chi connectivity index (χ3n) is 7.34. The lowest BCUT2D eigenvalue weighted by atomic mass is 9.94. The summed E-state index contributed by atoms with van der Waals surface area (Å²) >= 11 is 0. The van der Waals surface area contributed by atoms with Gasteiger partial charge in [-0.3, -0.25) is 9.59 Å². The monoisotopic (exact) mass is 828 g/mol. The van der Waals surface area contributed by atoms with E-state index in [9.17, 15) is 35.9 Å². The van der Waals surface area contributed by atoms with Crippen LogP contribution in [0.5, 0.6) is 11.5 Å². The molecule has 1 fully saturated rings. The smallest absolute Gasteiger partial charge is 0.439 e. The molecule has 1 aliphatic heterocycles. The summed E-state index contributed by atoms with van der Waals surface area (Å²) < 4.78 is 304. The molecular formula is C26H16F20N4O4. The SMILES string of the molecule is COc1ccc(NC(=O)[C@](F)(C(F)(F)F)C(F)(F)N2C(F)(F)C(F)(F)N(C(F)(F)[C@](F)(C(=O)Nc3ccc(OC)cc3)C(F)(F)F)C(F)(F)C2(F)F)cc1. The summed E-state index contributed by atoms with van der Waals surface area (Å²) in [6, 6.07) is -47.3. The number of piperazine rings is 1. The zero-order valence-corrected chi connectivity index (χ0v) is 25.7. The Labute approximate surface area is 285 Å². The number of nitrogens with one attached hydrogen (secondary N) is 2. The summed E-state index contributed by atoms with van der Waals surface area (Å²) in [7, 11) is 1.89. The van der Waals surface area contributed by atoms with Crippen LogP contribution in [0.25, 0.3) is 0 Å². The van der Waals surface area contributed by atoms with E-state index in [1.165, 1.54) is 0 Å². The van der Waals surface area contributed by atoms with Gasteiger partial charge in [0.15, 0.2) is 0 Å². The maximum absolute atomic E-state index is 15.4. The Morgan fingerprint density at radius 1 is 0.481 bits per heavy atom. The van der Waals surface area contributed by atoms with E-state index in [-0.39, 0.29) is 11.5 Å². The molecule has 304 valence electrons. The highest BCUT2D eigenvalue weighted by Crippen LogP contribution is 2.67. The van der Waals surface area contributed by atoms with Gasteiger partial charge >= 0.3 is 60.0 Å². The summed E-state index contributed by atoms with van der Waals surface area (Å²) in [5.41, 5.74) is -18.1. The van der Waals surface area contributed by atoms with Gasteiger partial charge in [0.1, 0.15) is 11.5 Å². The van der Waals surface area contributed by atoms with Crippen molar-refractivity contribution >= 4 is 23.2 Å². The molecule has 2 N–H and O–H groups in total. The number of amides is 2. The maximum Gasteiger partial charge on any atom is 0.439 e.